The van der Waals surface area contributed by atoms with Gasteiger partial charge in [0.05, 0.1) is 0 Å². The molecular weight excluding hydrogens is 536 g/mol. The summed E-state index contributed by atoms with van der Waals surface area (Å²) < 4.78 is 0. The Balaban J connectivity index is 0.000000175. The molecule has 0 saturated heterocycles. The molecule has 0 N–H and O–H groups in total. The third-order valence-corrected chi connectivity index (χ3v) is 8.72. The number of nitriles is 4. The van der Waals surface area contributed by atoms with E-state index >= 15 is 0 Å². The first-order valence-corrected chi connectivity index (χ1v) is 15.0. The minimum absolute atomic E-state index is 0.177. The molecule has 0 saturated carbocycles. The first-order chi connectivity index (χ1) is 21.7. The van der Waals surface area contributed by atoms with Gasteiger partial charge in [0, 0.05) is 11.8 Å². The molecule has 4 aliphatic carbocycles. The van der Waals surface area contributed by atoms with Gasteiger partial charge >= 0.3 is 0 Å². The van der Waals surface area contributed by atoms with Gasteiger partial charge in [-0.25, -0.2) is 0 Å². The highest BCUT2D eigenvalue weighted by atomic mass is 14.4. The standard InChI is InChI=1S/2C20H16N2/c2*21-13-17(14-22)20-18-10-6-5-9-16(18)11-12-19(20)15-7-3-1-2-4-8-15/h2*1-10,15,19H,11-12H2/t2*19-/m10/s1. The van der Waals surface area contributed by atoms with Gasteiger partial charge in [0.1, 0.15) is 35.4 Å². The molecule has 0 heterocycles. The molecule has 0 amide bonds. The maximum Gasteiger partial charge on any atom is 0.133 e. The summed E-state index contributed by atoms with van der Waals surface area (Å²) in [5.41, 5.74) is 6.91. The van der Waals surface area contributed by atoms with Crippen LogP contribution < -0.4 is 0 Å². The molecule has 4 heteroatoms. The highest BCUT2D eigenvalue weighted by Crippen LogP contribution is 2.43. The Bertz CT molecular complexity index is 1630. The number of benzene rings is 2. The lowest BCUT2D eigenvalue weighted by Crippen LogP contribution is -2.20. The normalized spacial score (nSPS) is 19.9. The average Bonchev–Trinajstić information content (AvgIpc) is 3.52. The number of hydrogen-bond acceptors (Lipinski definition) is 4. The lowest BCUT2D eigenvalue weighted by molar-refractivity contribution is 0.515. The maximum atomic E-state index is 9.40. The van der Waals surface area contributed by atoms with Crippen molar-refractivity contribution in [2.45, 2.75) is 25.7 Å². The van der Waals surface area contributed by atoms with Gasteiger partial charge in [-0.3, -0.25) is 0 Å². The summed E-state index contributed by atoms with van der Waals surface area (Å²) in [6.45, 7) is 0. The summed E-state index contributed by atoms with van der Waals surface area (Å²) in [6.07, 6.45) is 28.7. The predicted octanol–water partition coefficient (Wildman–Crippen LogP) is 8.70. The van der Waals surface area contributed by atoms with E-state index in [1.165, 1.54) is 11.1 Å². The first kappa shape index (κ1) is 29.8. The van der Waals surface area contributed by atoms with E-state index in [-0.39, 0.29) is 34.8 Å². The number of allylic oxidation sites excluding steroid dienone is 16. The molecule has 0 radical (unpaired) electrons. The van der Waals surface area contributed by atoms with E-state index in [9.17, 15) is 21.0 Å². The predicted molar refractivity (Wildman–Crippen MR) is 175 cm³/mol. The number of hydrogen-bond donors (Lipinski definition) is 0. The molecule has 2 atom stereocenters. The van der Waals surface area contributed by atoms with E-state index in [0.717, 1.165) is 48.0 Å². The fourth-order valence-corrected chi connectivity index (χ4v) is 6.70. The van der Waals surface area contributed by atoms with Crippen LogP contribution in [0.3, 0.4) is 0 Å². The summed E-state index contributed by atoms with van der Waals surface area (Å²) in [6, 6.07) is 24.7. The average molecular weight is 569 g/mol. The third kappa shape index (κ3) is 6.37. The van der Waals surface area contributed by atoms with E-state index in [2.05, 4.69) is 60.7 Å². The third-order valence-electron chi connectivity index (χ3n) is 8.72. The molecule has 0 aromatic heterocycles. The molecule has 0 fully saturated rings. The highest BCUT2D eigenvalue weighted by Gasteiger charge is 2.32. The number of rotatable bonds is 2. The van der Waals surface area contributed by atoms with E-state index in [4.69, 9.17) is 0 Å². The van der Waals surface area contributed by atoms with Gasteiger partial charge in [-0.15, -0.1) is 0 Å². The molecule has 4 nitrogen and oxygen atoms in total. The second-order valence-corrected chi connectivity index (χ2v) is 11.1. The molecule has 0 aliphatic heterocycles. The molecule has 44 heavy (non-hydrogen) atoms. The van der Waals surface area contributed by atoms with Crippen LogP contribution in [0.1, 0.15) is 35.1 Å². The van der Waals surface area contributed by atoms with Crippen LogP contribution in [-0.4, -0.2) is 0 Å². The van der Waals surface area contributed by atoms with Crippen LogP contribution in [0.15, 0.2) is 133 Å². The Hall–Kier alpha value is -5.68. The molecule has 0 bridgehead atoms. The fraction of sp³-hybridized carbons (Fsp3) is 0.200. The van der Waals surface area contributed by atoms with E-state index in [1.807, 2.05) is 85.0 Å². The number of nitrogens with zero attached hydrogens (tertiary/aromatic N) is 4. The van der Waals surface area contributed by atoms with Crippen LogP contribution in [0.4, 0.5) is 0 Å². The zero-order valence-corrected chi connectivity index (χ0v) is 24.5. The lowest BCUT2D eigenvalue weighted by atomic mass is 9.71. The van der Waals surface area contributed by atoms with Crippen LogP contribution in [-0.2, 0) is 12.8 Å². The van der Waals surface area contributed by atoms with Gasteiger partial charge in [0.25, 0.3) is 0 Å². The van der Waals surface area contributed by atoms with Crippen molar-refractivity contribution < 1.29 is 0 Å². The van der Waals surface area contributed by atoms with Crippen LogP contribution in [0.5, 0.6) is 0 Å². The van der Waals surface area contributed by atoms with Crippen LogP contribution in [0.25, 0.3) is 11.1 Å². The Morgan fingerprint density at radius 3 is 1.16 bits per heavy atom. The number of aryl methyl sites for hydroxylation is 2. The quantitative estimate of drug-likeness (QED) is 0.339. The van der Waals surface area contributed by atoms with Crippen molar-refractivity contribution in [1.29, 1.82) is 21.0 Å². The summed E-state index contributed by atoms with van der Waals surface area (Å²) in [4.78, 5) is 0. The van der Waals surface area contributed by atoms with Crippen molar-refractivity contribution in [3.8, 4) is 24.3 Å². The van der Waals surface area contributed by atoms with Crippen molar-refractivity contribution in [2.75, 3.05) is 0 Å². The Kier molecular flexibility index (Phi) is 9.80. The van der Waals surface area contributed by atoms with Gasteiger partial charge in [0.2, 0.25) is 0 Å². The largest absolute Gasteiger partial charge is 0.192 e. The topological polar surface area (TPSA) is 95.2 Å². The van der Waals surface area contributed by atoms with Gasteiger partial charge in [-0.1, -0.05) is 121 Å². The van der Waals surface area contributed by atoms with Gasteiger partial charge in [0.15, 0.2) is 0 Å². The molecule has 6 rings (SSSR count). The minimum atomic E-state index is 0.177. The van der Waals surface area contributed by atoms with Gasteiger partial charge in [-0.05, 0) is 70.9 Å². The monoisotopic (exact) mass is 568 g/mol. The first-order valence-electron chi connectivity index (χ1n) is 15.0. The second kappa shape index (κ2) is 14.5. The zero-order chi connectivity index (χ0) is 30.7. The molecule has 0 spiro atoms. The molecular formula is C40H32N4. The molecule has 0 unspecified atom stereocenters. The Morgan fingerprint density at radius 2 is 0.818 bits per heavy atom. The van der Waals surface area contributed by atoms with Crippen molar-refractivity contribution in [2.24, 2.45) is 23.7 Å². The summed E-state index contributed by atoms with van der Waals surface area (Å²) in [5.74, 6) is 0.790. The molecule has 2 aromatic carbocycles. The molecule has 212 valence electrons. The van der Waals surface area contributed by atoms with E-state index < -0.39 is 0 Å². The SMILES string of the molecule is N#CC(C#N)=C1c2ccccc2CC[C@@H]1C1C=CC=CC=C1.N#CC(C#N)=C1c2ccccc2CC[C@H]1C1C=CC=CC=C1. The van der Waals surface area contributed by atoms with Crippen molar-refractivity contribution in [3.05, 3.63) is 155 Å². The second-order valence-electron chi connectivity index (χ2n) is 11.1. The van der Waals surface area contributed by atoms with Crippen LogP contribution >= 0.6 is 0 Å². The molecule has 2 aromatic rings. The lowest BCUT2D eigenvalue weighted by Gasteiger charge is -2.31. The van der Waals surface area contributed by atoms with Crippen molar-refractivity contribution in [1.82, 2.24) is 0 Å². The fourth-order valence-electron chi connectivity index (χ4n) is 6.70. The zero-order valence-electron chi connectivity index (χ0n) is 24.5. The van der Waals surface area contributed by atoms with E-state index in [0.29, 0.717) is 0 Å². The maximum absolute atomic E-state index is 9.40. The highest BCUT2D eigenvalue weighted by molar-refractivity contribution is 5.81. The minimum Gasteiger partial charge on any atom is -0.192 e. The Labute approximate surface area is 260 Å². The molecule has 4 aliphatic rings. The van der Waals surface area contributed by atoms with Crippen LogP contribution in [0, 0.1) is 69.0 Å². The summed E-state index contributed by atoms with van der Waals surface area (Å²) in [7, 11) is 0. The van der Waals surface area contributed by atoms with Crippen LogP contribution in [0.2, 0.25) is 0 Å². The number of fused-ring (bicyclic) bond motifs is 2. The van der Waals surface area contributed by atoms with Gasteiger partial charge < -0.3 is 0 Å². The smallest absolute Gasteiger partial charge is 0.133 e. The summed E-state index contributed by atoms with van der Waals surface area (Å²) in [5, 5.41) is 37.6. The Morgan fingerprint density at radius 1 is 0.477 bits per heavy atom. The van der Waals surface area contributed by atoms with Crippen molar-refractivity contribution in [3.63, 3.8) is 0 Å². The van der Waals surface area contributed by atoms with Crippen molar-refractivity contribution >= 4 is 11.1 Å². The summed E-state index contributed by atoms with van der Waals surface area (Å²) >= 11 is 0. The van der Waals surface area contributed by atoms with E-state index in [1.54, 1.807) is 0 Å². The van der Waals surface area contributed by atoms with Gasteiger partial charge in [-0.2, -0.15) is 21.0 Å².